The number of para-hydroxylation sites is 2. The largest absolute Gasteiger partial charge is 0.350 e. The van der Waals surface area contributed by atoms with Crippen LogP contribution in [0.15, 0.2) is 78.9 Å². The molecule has 5 nitrogen and oxygen atoms in total. The van der Waals surface area contributed by atoms with Crippen LogP contribution < -0.4 is 10.2 Å². The van der Waals surface area contributed by atoms with Gasteiger partial charge in [-0.1, -0.05) is 60.7 Å². The van der Waals surface area contributed by atoms with Gasteiger partial charge in [-0.15, -0.1) is 0 Å². The summed E-state index contributed by atoms with van der Waals surface area (Å²) in [6.45, 7) is 0.467. The number of nitrogens with zero attached hydrogens (tertiary/aromatic N) is 2. The van der Waals surface area contributed by atoms with Crippen molar-refractivity contribution in [3.63, 3.8) is 0 Å². The van der Waals surface area contributed by atoms with E-state index in [1.165, 1.54) is 0 Å². The number of benzene rings is 3. The monoisotopic (exact) mass is 395 g/mol. The average Bonchev–Trinajstić information content (AvgIpc) is 3.59. The third-order valence-corrected chi connectivity index (χ3v) is 6.29. The van der Waals surface area contributed by atoms with Gasteiger partial charge in [0.1, 0.15) is 0 Å². The zero-order valence-electron chi connectivity index (χ0n) is 16.4. The van der Waals surface area contributed by atoms with Crippen molar-refractivity contribution in [2.45, 2.75) is 31.1 Å². The molecule has 0 bridgehead atoms. The summed E-state index contributed by atoms with van der Waals surface area (Å²) in [7, 11) is 0. The van der Waals surface area contributed by atoms with Crippen LogP contribution in [0.5, 0.6) is 0 Å². The van der Waals surface area contributed by atoms with Crippen LogP contribution in [0.25, 0.3) is 0 Å². The van der Waals surface area contributed by atoms with E-state index in [2.05, 4.69) is 5.32 Å². The fourth-order valence-corrected chi connectivity index (χ4v) is 4.80. The highest BCUT2D eigenvalue weighted by atomic mass is 16.2. The molecular weight excluding hydrogens is 374 g/mol. The van der Waals surface area contributed by atoms with E-state index in [-0.39, 0.29) is 17.9 Å². The third kappa shape index (κ3) is 2.29. The van der Waals surface area contributed by atoms with E-state index in [1.807, 2.05) is 88.7 Å². The minimum atomic E-state index is -1.20. The van der Waals surface area contributed by atoms with Crippen molar-refractivity contribution < 1.29 is 9.59 Å². The molecule has 1 unspecified atom stereocenters. The number of nitrogens with one attached hydrogen (secondary N) is 1. The van der Waals surface area contributed by atoms with Crippen molar-refractivity contribution in [3.05, 3.63) is 95.6 Å². The predicted molar refractivity (Wildman–Crippen MR) is 115 cm³/mol. The number of carbonyl (C=O) groups is 2. The van der Waals surface area contributed by atoms with Crippen LogP contribution in [0, 0.1) is 0 Å². The van der Waals surface area contributed by atoms with Gasteiger partial charge in [0.25, 0.3) is 11.8 Å². The fourth-order valence-electron chi connectivity index (χ4n) is 4.80. The number of hydrogen-bond donors (Lipinski definition) is 1. The van der Waals surface area contributed by atoms with Crippen LogP contribution in [-0.2, 0) is 17.0 Å². The summed E-state index contributed by atoms with van der Waals surface area (Å²) in [6.07, 6.45) is 1.84. The van der Waals surface area contributed by atoms with E-state index < -0.39 is 5.66 Å². The molecule has 148 valence electrons. The maximum Gasteiger partial charge on any atom is 0.279 e. The minimum Gasteiger partial charge on any atom is -0.350 e. The van der Waals surface area contributed by atoms with Gasteiger partial charge in [0.2, 0.25) is 5.66 Å². The van der Waals surface area contributed by atoms with Crippen molar-refractivity contribution >= 4 is 23.2 Å². The maximum atomic E-state index is 14.1. The third-order valence-electron chi connectivity index (χ3n) is 6.29. The number of anilines is 2. The molecule has 1 atom stereocenters. The SMILES string of the molecule is O=C1c2ccccc2NC2(C(=O)N(Cc3ccccc3)c3ccccc32)N1C1CC1. The maximum absolute atomic E-state index is 14.1. The van der Waals surface area contributed by atoms with Crippen molar-refractivity contribution in [1.29, 1.82) is 0 Å². The Morgan fingerprint density at radius 2 is 1.57 bits per heavy atom. The Kier molecular flexibility index (Phi) is 3.57. The van der Waals surface area contributed by atoms with E-state index in [4.69, 9.17) is 0 Å². The van der Waals surface area contributed by atoms with Crippen LogP contribution in [-0.4, -0.2) is 22.8 Å². The quantitative estimate of drug-likeness (QED) is 0.726. The second kappa shape index (κ2) is 6.20. The molecule has 3 aromatic rings. The summed E-state index contributed by atoms with van der Waals surface area (Å²) < 4.78 is 0. The number of hydrogen-bond acceptors (Lipinski definition) is 3. The van der Waals surface area contributed by atoms with Crippen molar-refractivity contribution in [1.82, 2.24) is 4.90 Å². The van der Waals surface area contributed by atoms with E-state index in [0.29, 0.717) is 17.8 Å². The lowest BCUT2D eigenvalue weighted by molar-refractivity contribution is -0.127. The second-order valence-corrected chi connectivity index (χ2v) is 8.18. The lowest BCUT2D eigenvalue weighted by Crippen LogP contribution is -2.63. The minimum absolute atomic E-state index is 0.0726. The Morgan fingerprint density at radius 3 is 2.37 bits per heavy atom. The van der Waals surface area contributed by atoms with E-state index in [9.17, 15) is 9.59 Å². The lowest BCUT2D eigenvalue weighted by Gasteiger charge is -2.45. The van der Waals surface area contributed by atoms with E-state index in [0.717, 1.165) is 29.7 Å². The Balaban J connectivity index is 1.54. The molecule has 0 radical (unpaired) electrons. The molecule has 5 heteroatoms. The van der Waals surface area contributed by atoms with Gasteiger partial charge in [-0.2, -0.15) is 0 Å². The Morgan fingerprint density at radius 1 is 0.867 bits per heavy atom. The van der Waals surface area contributed by atoms with Gasteiger partial charge in [0.05, 0.1) is 17.8 Å². The summed E-state index contributed by atoms with van der Waals surface area (Å²) in [4.78, 5) is 31.3. The van der Waals surface area contributed by atoms with Gasteiger partial charge in [-0.25, -0.2) is 0 Å². The molecule has 2 amide bonds. The molecule has 1 saturated carbocycles. The van der Waals surface area contributed by atoms with Crippen molar-refractivity contribution in [3.8, 4) is 0 Å². The van der Waals surface area contributed by atoms with Crippen LogP contribution in [0.4, 0.5) is 11.4 Å². The second-order valence-electron chi connectivity index (χ2n) is 8.18. The van der Waals surface area contributed by atoms with E-state index in [1.54, 1.807) is 0 Å². The van der Waals surface area contributed by atoms with Crippen LogP contribution in [0.1, 0.15) is 34.3 Å². The average molecular weight is 395 g/mol. The number of carbonyl (C=O) groups excluding carboxylic acids is 2. The van der Waals surface area contributed by atoms with Crippen molar-refractivity contribution in [2.24, 2.45) is 0 Å². The molecule has 1 fully saturated rings. The Hall–Kier alpha value is -3.60. The topological polar surface area (TPSA) is 52.7 Å². The first-order chi connectivity index (χ1) is 14.7. The highest BCUT2D eigenvalue weighted by Gasteiger charge is 2.61. The molecule has 0 saturated heterocycles. The Bertz CT molecular complexity index is 1170. The van der Waals surface area contributed by atoms with E-state index >= 15 is 0 Å². The highest BCUT2D eigenvalue weighted by Crippen LogP contribution is 2.51. The summed E-state index contributed by atoms with van der Waals surface area (Å²) >= 11 is 0. The first-order valence-electron chi connectivity index (χ1n) is 10.4. The van der Waals surface area contributed by atoms with Crippen LogP contribution in [0.3, 0.4) is 0 Å². The summed E-state index contributed by atoms with van der Waals surface area (Å²) in [5.74, 6) is -0.168. The normalized spacial score (nSPS) is 22.1. The Labute approximate surface area is 174 Å². The van der Waals surface area contributed by atoms with Crippen LogP contribution >= 0.6 is 0 Å². The number of amides is 2. The molecule has 3 aromatic carbocycles. The zero-order chi connectivity index (χ0) is 20.3. The summed E-state index contributed by atoms with van der Waals surface area (Å²) in [5, 5.41) is 3.51. The molecule has 1 spiro atoms. The van der Waals surface area contributed by atoms with Gasteiger partial charge in [0.15, 0.2) is 0 Å². The smallest absolute Gasteiger partial charge is 0.279 e. The summed E-state index contributed by atoms with van der Waals surface area (Å²) in [5.41, 5.74) is 2.90. The molecule has 1 aliphatic carbocycles. The molecule has 6 rings (SSSR count). The van der Waals surface area contributed by atoms with Gasteiger partial charge in [-0.3, -0.25) is 9.59 Å². The zero-order valence-corrected chi connectivity index (χ0v) is 16.4. The molecule has 2 heterocycles. The molecule has 3 aliphatic rings. The molecule has 0 aromatic heterocycles. The van der Waals surface area contributed by atoms with Gasteiger partial charge in [-0.05, 0) is 36.6 Å². The highest BCUT2D eigenvalue weighted by molar-refractivity contribution is 6.15. The standard InChI is InChI=1S/C25H21N3O2/c29-23-19-10-4-6-12-21(19)26-25(28(23)18-14-15-18)20-11-5-7-13-22(20)27(24(25)30)16-17-8-2-1-3-9-17/h1-13,18,26H,14-16H2. The first-order valence-corrected chi connectivity index (χ1v) is 10.4. The molecular formula is C25H21N3O2. The molecule has 30 heavy (non-hydrogen) atoms. The van der Waals surface area contributed by atoms with Crippen molar-refractivity contribution in [2.75, 3.05) is 10.2 Å². The number of rotatable bonds is 3. The molecule has 1 N–H and O–H groups in total. The predicted octanol–water partition coefficient (Wildman–Crippen LogP) is 4.12. The fraction of sp³-hybridized carbons (Fsp3) is 0.200. The number of fused-ring (bicyclic) bond motifs is 3. The molecule has 2 aliphatic heterocycles. The first kappa shape index (κ1) is 17.3. The lowest BCUT2D eigenvalue weighted by atomic mass is 9.92. The summed E-state index contributed by atoms with van der Waals surface area (Å²) in [6, 6.07) is 25.4. The van der Waals surface area contributed by atoms with Gasteiger partial charge >= 0.3 is 0 Å². The van der Waals surface area contributed by atoms with Crippen LogP contribution in [0.2, 0.25) is 0 Å². The van der Waals surface area contributed by atoms with Gasteiger partial charge < -0.3 is 15.1 Å². The van der Waals surface area contributed by atoms with Gasteiger partial charge in [0, 0.05) is 17.3 Å².